The highest BCUT2D eigenvalue weighted by Gasteiger charge is 2.22. The molecular weight excluding hydrogens is 688 g/mol. The van der Waals surface area contributed by atoms with Crippen LogP contribution in [0.15, 0.2) is 83.4 Å². The normalized spacial score (nSPS) is 12.0. The summed E-state index contributed by atoms with van der Waals surface area (Å²) < 4.78 is 60.1. The van der Waals surface area contributed by atoms with Gasteiger partial charge in [-0.05, 0) is 76.6 Å². The second-order valence-electron chi connectivity index (χ2n) is 12.9. The molecule has 52 heavy (non-hydrogen) atoms. The Hall–Kier alpha value is -5.07. The summed E-state index contributed by atoms with van der Waals surface area (Å²) in [6.07, 6.45) is 1.62. The zero-order valence-corrected chi connectivity index (χ0v) is 30.8. The number of aromatic nitrogens is 1. The number of ether oxygens (including phenoxy) is 4. The van der Waals surface area contributed by atoms with Crippen molar-refractivity contribution in [3.8, 4) is 22.6 Å². The van der Waals surface area contributed by atoms with E-state index in [9.17, 15) is 13.8 Å². The van der Waals surface area contributed by atoms with E-state index in [2.05, 4.69) is 9.71 Å². The predicted octanol–water partition coefficient (Wildman–Crippen LogP) is 7.55. The number of hydrogen-bond donors (Lipinski definition) is 1. The minimum Gasteiger partial charge on any atom is -0.489 e. The number of carbonyl (C=O) groups is 2. The van der Waals surface area contributed by atoms with Gasteiger partial charge in [0.2, 0.25) is 0 Å². The average molecular weight is 731 g/mol. The molecule has 0 aliphatic heterocycles. The van der Waals surface area contributed by atoms with Crippen molar-refractivity contribution in [1.82, 2.24) is 9.71 Å². The number of pyridine rings is 1. The number of furan rings is 1. The Balaban J connectivity index is 1.48. The Morgan fingerprint density at radius 1 is 0.827 bits per heavy atom. The summed E-state index contributed by atoms with van der Waals surface area (Å²) in [6.45, 7) is 9.64. The molecule has 12 heteroatoms. The van der Waals surface area contributed by atoms with Crippen LogP contribution in [0.1, 0.15) is 62.8 Å². The lowest BCUT2D eigenvalue weighted by atomic mass is 10.00. The maximum Gasteiger partial charge on any atom is 0.310 e. The van der Waals surface area contributed by atoms with Crippen molar-refractivity contribution < 1.29 is 41.6 Å². The number of nitrogens with one attached hydrogen (secondary N) is 1. The van der Waals surface area contributed by atoms with Crippen LogP contribution in [-0.4, -0.2) is 39.1 Å². The van der Waals surface area contributed by atoms with E-state index >= 15 is 4.39 Å². The van der Waals surface area contributed by atoms with Gasteiger partial charge in [-0.25, -0.2) is 13.3 Å². The summed E-state index contributed by atoms with van der Waals surface area (Å²) in [7, 11) is -1.43. The third kappa shape index (κ3) is 9.83. The van der Waals surface area contributed by atoms with E-state index in [0.717, 1.165) is 0 Å². The van der Waals surface area contributed by atoms with Crippen LogP contribution in [0.5, 0.6) is 11.5 Å². The lowest BCUT2D eigenvalue weighted by Gasteiger charge is -2.18. The molecule has 0 bridgehead atoms. The first kappa shape index (κ1) is 38.2. The van der Waals surface area contributed by atoms with E-state index < -0.39 is 21.5 Å². The lowest BCUT2D eigenvalue weighted by molar-refractivity contribution is -0.143. The zero-order chi connectivity index (χ0) is 37.3. The largest absolute Gasteiger partial charge is 0.489 e. The third-order valence-corrected chi connectivity index (χ3v) is 9.41. The van der Waals surface area contributed by atoms with Crippen molar-refractivity contribution in [2.45, 2.75) is 72.0 Å². The average Bonchev–Trinajstić information content (AvgIpc) is 3.53. The maximum absolute atomic E-state index is 16.3. The number of rotatable bonds is 16. The molecule has 2 heterocycles. The van der Waals surface area contributed by atoms with E-state index in [4.69, 9.17) is 23.4 Å². The number of halogens is 1. The molecule has 0 radical (unpaired) electrons. The van der Waals surface area contributed by atoms with Gasteiger partial charge in [-0.3, -0.25) is 14.6 Å². The Morgan fingerprint density at radius 3 is 2.02 bits per heavy atom. The van der Waals surface area contributed by atoms with Crippen molar-refractivity contribution in [1.29, 1.82) is 0 Å². The van der Waals surface area contributed by atoms with Gasteiger partial charge < -0.3 is 23.4 Å². The molecule has 0 saturated carbocycles. The number of para-hydroxylation sites is 2. The smallest absolute Gasteiger partial charge is 0.310 e. The molecule has 0 amide bonds. The molecule has 274 valence electrons. The molecule has 0 fully saturated rings. The van der Waals surface area contributed by atoms with Crippen LogP contribution in [0.25, 0.3) is 22.1 Å². The standard InChI is InChI=1S/C40H43FN2O8S/c1-6-47-36(44)21-27-12-8-10-14-34(27)49-24-26-18-29-20-30(25-50-35-15-11-9-13-28(35)22-37(45)48-7-2)51-39(29)32(19-26)31-16-17-42-33(38(31)41)23-43-52(46)40(3,4)5/h8-20,43H,6-7,21-25H2,1-5H3/t52-/m0/s1. The van der Waals surface area contributed by atoms with Gasteiger partial charge in [0.1, 0.15) is 36.1 Å². The van der Waals surface area contributed by atoms with Gasteiger partial charge in [-0.15, -0.1) is 0 Å². The fourth-order valence-corrected chi connectivity index (χ4v) is 6.12. The van der Waals surface area contributed by atoms with Gasteiger partial charge in [-0.1, -0.05) is 36.4 Å². The summed E-state index contributed by atoms with van der Waals surface area (Å²) in [5.41, 5.74) is 3.29. The topological polar surface area (TPSA) is 126 Å². The first-order chi connectivity index (χ1) is 25.0. The number of esters is 2. The van der Waals surface area contributed by atoms with Gasteiger partial charge in [-0.2, -0.15) is 0 Å². The Kier molecular flexibility index (Phi) is 12.8. The van der Waals surface area contributed by atoms with E-state index in [1.54, 1.807) is 44.2 Å². The molecule has 0 unspecified atom stereocenters. The third-order valence-electron chi connectivity index (χ3n) is 7.90. The fraction of sp³-hybridized carbons (Fsp3) is 0.325. The van der Waals surface area contributed by atoms with Crippen molar-refractivity contribution in [3.05, 3.63) is 113 Å². The summed E-state index contributed by atoms with van der Waals surface area (Å²) >= 11 is 0. The second kappa shape index (κ2) is 17.4. The van der Waals surface area contributed by atoms with Gasteiger partial charge in [0.15, 0.2) is 5.82 Å². The van der Waals surface area contributed by atoms with E-state index in [1.807, 2.05) is 63.2 Å². The summed E-state index contributed by atoms with van der Waals surface area (Å²) in [4.78, 5) is 28.7. The van der Waals surface area contributed by atoms with Gasteiger partial charge in [0, 0.05) is 33.8 Å². The zero-order valence-electron chi connectivity index (χ0n) is 30.0. The monoisotopic (exact) mass is 730 g/mol. The molecule has 0 saturated heterocycles. The number of fused-ring (bicyclic) bond motifs is 1. The molecule has 2 aromatic heterocycles. The van der Waals surface area contributed by atoms with Gasteiger partial charge in [0.05, 0.1) is 54.0 Å². The second-order valence-corrected chi connectivity index (χ2v) is 14.9. The Bertz CT molecular complexity index is 2060. The van der Waals surface area contributed by atoms with Crippen LogP contribution in [0.3, 0.4) is 0 Å². The van der Waals surface area contributed by atoms with E-state index in [0.29, 0.717) is 50.5 Å². The highest BCUT2D eigenvalue weighted by Crippen LogP contribution is 2.36. The summed E-state index contributed by atoms with van der Waals surface area (Å²) in [6, 6.07) is 21.5. The molecule has 5 aromatic rings. The van der Waals surface area contributed by atoms with Gasteiger partial charge >= 0.3 is 11.9 Å². The number of hydrogen-bond acceptors (Lipinski definition) is 9. The summed E-state index contributed by atoms with van der Waals surface area (Å²) in [5.74, 6) is 0.207. The number of carbonyl (C=O) groups excluding carboxylic acids is 2. The highest BCUT2D eigenvalue weighted by atomic mass is 32.2. The van der Waals surface area contributed by atoms with Crippen LogP contribution >= 0.6 is 0 Å². The van der Waals surface area contributed by atoms with Crippen LogP contribution < -0.4 is 14.2 Å². The SMILES string of the molecule is CCOC(=O)Cc1ccccc1OCc1cc(-c2ccnc(CN[S@@](=O)C(C)(C)C)c2F)c2oc(COc3ccccc3CC(=O)OCC)cc2c1. The molecule has 10 nitrogen and oxygen atoms in total. The quantitative estimate of drug-likeness (QED) is 0.102. The first-order valence-corrected chi connectivity index (χ1v) is 18.2. The lowest BCUT2D eigenvalue weighted by Crippen LogP contribution is -2.33. The molecule has 1 N–H and O–H groups in total. The summed E-state index contributed by atoms with van der Waals surface area (Å²) in [5, 5.41) is 0.680. The van der Waals surface area contributed by atoms with Crippen LogP contribution in [0.2, 0.25) is 0 Å². The molecule has 5 rings (SSSR count). The van der Waals surface area contributed by atoms with Crippen LogP contribution in [0.4, 0.5) is 4.39 Å². The van der Waals surface area contributed by atoms with Crippen molar-refractivity contribution in [2.24, 2.45) is 0 Å². The molecule has 3 aromatic carbocycles. The molecule has 0 spiro atoms. The van der Waals surface area contributed by atoms with E-state index in [1.165, 1.54) is 6.20 Å². The Morgan fingerprint density at radius 2 is 1.42 bits per heavy atom. The minimum atomic E-state index is -1.43. The number of nitrogens with zero attached hydrogens (tertiary/aromatic N) is 1. The van der Waals surface area contributed by atoms with Crippen molar-refractivity contribution >= 4 is 33.9 Å². The molecular formula is C40H43FN2O8S. The fourth-order valence-electron chi connectivity index (χ4n) is 5.42. The van der Waals surface area contributed by atoms with E-state index in [-0.39, 0.29) is 69.0 Å². The molecule has 0 aliphatic carbocycles. The van der Waals surface area contributed by atoms with Crippen LogP contribution in [0, 0.1) is 5.82 Å². The van der Waals surface area contributed by atoms with Crippen molar-refractivity contribution in [3.63, 3.8) is 0 Å². The minimum absolute atomic E-state index is 0.0354. The first-order valence-electron chi connectivity index (χ1n) is 17.0. The van der Waals surface area contributed by atoms with Crippen molar-refractivity contribution in [2.75, 3.05) is 13.2 Å². The van der Waals surface area contributed by atoms with Gasteiger partial charge in [0.25, 0.3) is 0 Å². The highest BCUT2D eigenvalue weighted by molar-refractivity contribution is 7.84. The maximum atomic E-state index is 16.3. The number of benzene rings is 3. The Labute approximate surface area is 305 Å². The molecule has 1 atom stereocenters. The predicted molar refractivity (Wildman–Crippen MR) is 196 cm³/mol. The van der Waals surface area contributed by atoms with Crippen LogP contribution in [-0.2, 0) is 62.6 Å². The molecule has 0 aliphatic rings.